The van der Waals surface area contributed by atoms with Gasteiger partial charge < -0.3 is 9.15 Å². The molecular weight excluding hydrogens is 302 g/mol. The van der Waals surface area contributed by atoms with Gasteiger partial charge >= 0.3 is 0 Å². The average Bonchev–Trinajstić information content (AvgIpc) is 3.03. The molecule has 0 radical (unpaired) electrons. The van der Waals surface area contributed by atoms with Crippen molar-refractivity contribution in [2.75, 3.05) is 6.61 Å². The van der Waals surface area contributed by atoms with Crippen LogP contribution in [0.3, 0.4) is 0 Å². The third-order valence-electron chi connectivity index (χ3n) is 4.32. The van der Waals surface area contributed by atoms with Gasteiger partial charge in [-0.1, -0.05) is 18.2 Å². The van der Waals surface area contributed by atoms with E-state index in [1.165, 1.54) is 0 Å². The van der Waals surface area contributed by atoms with E-state index in [9.17, 15) is 8.42 Å². The first kappa shape index (κ1) is 15.5. The Morgan fingerprint density at radius 1 is 1.32 bits per heavy atom. The molecule has 1 saturated heterocycles. The van der Waals surface area contributed by atoms with Crippen LogP contribution in [0.1, 0.15) is 37.6 Å². The Balaban J connectivity index is 1.87. The quantitative estimate of drug-likeness (QED) is 0.939. The maximum atomic E-state index is 12.5. The van der Waals surface area contributed by atoms with Gasteiger partial charge in [-0.15, -0.1) is 0 Å². The lowest BCUT2D eigenvalue weighted by Gasteiger charge is -2.19. The minimum Gasteiger partial charge on any atom is -0.459 e. The zero-order valence-corrected chi connectivity index (χ0v) is 13.8. The van der Waals surface area contributed by atoms with Gasteiger partial charge in [0.25, 0.3) is 0 Å². The van der Waals surface area contributed by atoms with Crippen molar-refractivity contribution in [2.24, 2.45) is 0 Å². The van der Waals surface area contributed by atoms with Crippen molar-refractivity contribution in [3.63, 3.8) is 0 Å². The minimum absolute atomic E-state index is 0.276. The lowest BCUT2D eigenvalue weighted by molar-refractivity contribution is 0.126. The van der Waals surface area contributed by atoms with Crippen LogP contribution in [0.15, 0.2) is 28.7 Å². The van der Waals surface area contributed by atoms with Crippen LogP contribution >= 0.6 is 0 Å². The van der Waals surface area contributed by atoms with Gasteiger partial charge in [0.2, 0.25) is 10.0 Å². The highest BCUT2D eigenvalue weighted by atomic mass is 32.2. The highest BCUT2D eigenvalue weighted by Gasteiger charge is 2.37. The number of fused-ring (bicyclic) bond motifs is 1. The first-order valence-electron chi connectivity index (χ1n) is 7.51. The molecule has 2 heterocycles. The zero-order valence-electron chi connectivity index (χ0n) is 13.0. The van der Waals surface area contributed by atoms with Crippen LogP contribution < -0.4 is 4.72 Å². The zero-order chi connectivity index (χ0) is 15.9. The summed E-state index contributed by atoms with van der Waals surface area (Å²) in [5.41, 5.74) is 1.75. The van der Waals surface area contributed by atoms with Gasteiger partial charge in [0, 0.05) is 17.6 Å². The Labute approximate surface area is 130 Å². The summed E-state index contributed by atoms with van der Waals surface area (Å²) in [6.45, 7) is 6.05. The van der Waals surface area contributed by atoms with Crippen LogP contribution in [0.25, 0.3) is 11.0 Å². The molecule has 0 spiro atoms. The predicted octanol–water partition coefficient (Wildman–Crippen LogP) is 2.90. The Morgan fingerprint density at radius 3 is 2.68 bits per heavy atom. The van der Waals surface area contributed by atoms with Gasteiger partial charge in [0.05, 0.1) is 12.1 Å². The molecule has 1 aromatic heterocycles. The third kappa shape index (κ3) is 2.66. The molecule has 1 aromatic carbocycles. The molecule has 22 heavy (non-hydrogen) atoms. The van der Waals surface area contributed by atoms with Crippen LogP contribution in [-0.4, -0.2) is 26.4 Å². The van der Waals surface area contributed by atoms with E-state index in [0.29, 0.717) is 18.8 Å². The van der Waals surface area contributed by atoms with E-state index in [0.717, 1.165) is 16.5 Å². The van der Waals surface area contributed by atoms with Gasteiger partial charge in [-0.05, 0) is 33.3 Å². The number of sulfonamides is 1. The second-order valence-electron chi connectivity index (χ2n) is 5.88. The van der Waals surface area contributed by atoms with Crippen molar-refractivity contribution in [3.05, 3.63) is 35.6 Å². The van der Waals surface area contributed by atoms with Crippen molar-refractivity contribution in [2.45, 2.75) is 44.6 Å². The van der Waals surface area contributed by atoms with Crippen molar-refractivity contribution in [3.8, 4) is 0 Å². The highest BCUT2D eigenvalue weighted by Crippen LogP contribution is 2.30. The predicted molar refractivity (Wildman–Crippen MR) is 85.2 cm³/mol. The minimum atomic E-state index is -3.45. The summed E-state index contributed by atoms with van der Waals surface area (Å²) in [6, 6.07) is 7.30. The molecule has 2 aromatic rings. The highest BCUT2D eigenvalue weighted by molar-refractivity contribution is 7.90. The van der Waals surface area contributed by atoms with Gasteiger partial charge in [-0.3, -0.25) is 0 Å². The summed E-state index contributed by atoms with van der Waals surface area (Å²) in [5, 5.41) is 0.515. The van der Waals surface area contributed by atoms with Gasteiger partial charge in [0.15, 0.2) is 0 Å². The fourth-order valence-electron chi connectivity index (χ4n) is 3.11. The molecule has 120 valence electrons. The van der Waals surface area contributed by atoms with E-state index >= 15 is 0 Å². The van der Waals surface area contributed by atoms with Gasteiger partial charge in [0.1, 0.15) is 16.6 Å². The van der Waals surface area contributed by atoms with E-state index in [1.54, 1.807) is 6.92 Å². The van der Waals surface area contributed by atoms with Crippen LogP contribution in [-0.2, 0) is 14.8 Å². The molecular formula is C16H21NO4S. The fourth-order valence-corrected chi connectivity index (χ4v) is 4.88. The smallest absolute Gasteiger partial charge is 0.217 e. The van der Waals surface area contributed by atoms with Crippen LogP contribution in [0, 0.1) is 6.92 Å². The molecule has 5 nitrogen and oxygen atoms in total. The summed E-state index contributed by atoms with van der Waals surface area (Å²) in [5.74, 6) is 0.663. The number of furan rings is 1. The van der Waals surface area contributed by atoms with E-state index < -0.39 is 21.3 Å². The van der Waals surface area contributed by atoms with E-state index in [2.05, 4.69) is 4.72 Å². The van der Waals surface area contributed by atoms with E-state index in [-0.39, 0.29) is 6.10 Å². The molecule has 3 rings (SSSR count). The summed E-state index contributed by atoms with van der Waals surface area (Å²) >= 11 is 0. The number of nitrogens with one attached hydrogen (secondary N) is 1. The molecule has 1 N–H and O–H groups in total. The fraction of sp³-hybridized carbons (Fsp3) is 0.500. The van der Waals surface area contributed by atoms with Crippen molar-refractivity contribution in [1.29, 1.82) is 0 Å². The summed E-state index contributed by atoms with van der Waals surface area (Å²) < 4.78 is 39.0. The Hall–Kier alpha value is -1.37. The lowest BCUT2D eigenvalue weighted by atomic mass is 10.1. The SMILES string of the molecule is Cc1c([C@H](C)NS(=O)(=O)[C@H]2CCO[C@@H]2C)oc2ccccc12. The van der Waals surface area contributed by atoms with E-state index in [4.69, 9.17) is 9.15 Å². The number of rotatable bonds is 4. The van der Waals surface area contributed by atoms with Gasteiger partial charge in [-0.2, -0.15) is 0 Å². The second-order valence-corrected chi connectivity index (χ2v) is 7.81. The first-order valence-corrected chi connectivity index (χ1v) is 9.05. The van der Waals surface area contributed by atoms with Crippen LogP contribution in [0.5, 0.6) is 0 Å². The normalized spacial score (nSPS) is 24.0. The topological polar surface area (TPSA) is 68.5 Å². The number of hydrogen-bond donors (Lipinski definition) is 1. The largest absolute Gasteiger partial charge is 0.459 e. The average molecular weight is 323 g/mol. The number of hydrogen-bond acceptors (Lipinski definition) is 4. The number of benzene rings is 1. The Bertz CT molecular complexity index is 781. The number of aryl methyl sites for hydroxylation is 1. The summed E-state index contributed by atoms with van der Waals surface area (Å²) in [6.07, 6.45) is 0.254. The third-order valence-corrected chi connectivity index (χ3v) is 6.42. The van der Waals surface area contributed by atoms with Crippen LogP contribution in [0.4, 0.5) is 0 Å². The lowest BCUT2D eigenvalue weighted by Crippen LogP contribution is -2.39. The maximum absolute atomic E-state index is 12.5. The molecule has 6 heteroatoms. The monoisotopic (exact) mass is 323 g/mol. The number of para-hydroxylation sites is 1. The Morgan fingerprint density at radius 2 is 2.05 bits per heavy atom. The molecule has 0 saturated carbocycles. The molecule has 1 aliphatic heterocycles. The molecule has 1 fully saturated rings. The van der Waals surface area contributed by atoms with Gasteiger partial charge in [-0.25, -0.2) is 13.1 Å². The summed E-state index contributed by atoms with van der Waals surface area (Å²) in [7, 11) is -3.45. The van der Waals surface area contributed by atoms with Crippen molar-refractivity contribution < 1.29 is 17.6 Å². The molecule has 0 unspecified atom stereocenters. The number of ether oxygens (including phenoxy) is 1. The van der Waals surface area contributed by atoms with Crippen LogP contribution in [0.2, 0.25) is 0 Å². The molecule has 1 aliphatic rings. The molecule has 0 aliphatic carbocycles. The second kappa shape index (κ2) is 5.68. The van der Waals surface area contributed by atoms with Crippen molar-refractivity contribution in [1.82, 2.24) is 4.72 Å². The first-order chi connectivity index (χ1) is 10.4. The van der Waals surface area contributed by atoms with Crippen molar-refractivity contribution >= 4 is 21.0 Å². The van der Waals surface area contributed by atoms with E-state index in [1.807, 2.05) is 38.1 Å². The summed E-state index contributed by atoms with van der Waals surface area (Å²) in [4.78, 5) is 0. The molecule has 0 amide bonds. The molecule has 0 bridgehead atoms. The molecule has 3 atom stereocenters. The Kier molecular flexibility index (Phi) is 4.01. The standard InChI is InChI=1S/C16H21NO4S/c1-10-13-6-4-5-7-14(13)21-16(10)11(2)17-22(18,19)15-8-9-20-12(15)3/h4-7,11-12,15,17H,8-9H2,1-3H3/t11-,12+,15-/m0/s1. The maximum Gasteiger partial charge on any atom is 0.217 e.